The van der Waals surface area contributed by atoms with Crippen molar-refractivity contribution in [2.45, 2.75) is 6.42 Å². The predicted octanol–water partition coefficient (Wildman–Crippen LogP) is 2.10. The van der Waals surface area contributed by atoms with Gasteiger partial charge in [0.15, 0.2) is 11.1 Å². The molecule has 0 atom stereocenters. The third kappa shape index (κ3) is 3.19. The zero-order chi connectivity index (χ0) is 13.8. The predicted molar refractivity (Wildman–Crippen MR) is 72.3 cm³/mol. The standard InChI is InChI=1S/C12H16N4O3/c1-15(2)8-4-7-13-12-14-11-9(16(17)18)5-3-6-10(11)19-12/h3,5-6H,4,7-8H2,1-2H3,(H,13,14). The number of para-hydroxylation sites is 1. The summed E-state index contributed by atoms with van der Waals surface area (Å²) in [6.07, 6.45) is 0.938. The van der Waals surface area contributed by atoms with Crippen molar-refractivity contribution in [3.63, 3.8) is 0 Å². The number of nitrogens with zero attached hydrogens (tertiary/aromatic N) is 3. The van der Waals surface area contributed by atoms with E-state index in [-0.39, 0.29) is 11.2 Å². The molecule has 0 spiro atoms. The van der Waals surface area contributed by atoms with Gasteiger partial charge < -0.3 is 14.6 Å². The van der Waals surface area contributed by atoms with Gasteiger partial charge in [0.05, 0.1) is 4.92 Å². The Morgan fingerprint density at radius 2 is 2.26 bits per heavy atom. The Morgan fingerprint density at radius 1 is 1.47 bits per heavy atom. The van der Waals surface area contributed by atoms with Gasteiger partial charge in [-0.2, -0.15) is 4.98 Å². The number of oxazole rings is 1. The van der Waals surface area contributed by atoms with Gasteiger partial charge in [0.25, 0.3) is 11.7 Å². The van der Waals surface area contributed by atoms with Crippen molar-refractivity contribution < 1.29 is 9.34 Å². The first-order chi connectivity index (χ1) is 9.08. The summed E-state index contributed by atoms with van der Waals surface area (Å²) in [5.41, 5.74) is 0.662. The molecule has 0 saturated heterocycles. The quantitative estimate of drug-likeness (QED) is 0.488. The first-order valence-corrected chi connectivity index (χ1v) is 6.00. The molecule has 1 aromatic carbocycles. The van der Waals surface area contributed by atoms with Crippen molar-refractivity contribution >= 4 is 22.8 Å². The molecular weight excluding hydrogens is 248 g/mol. The number of nitrogens with one attached hydrogen (secondary N) is 1. The molecule has 1 N–H and O–H groups in total. The van der Waals surface area contributed by atoms with Gasteiger partial charge in [-0.15, -0.1) is 0 Å². The lowest BCUT2D eigenvalue weighted by molar-refractivity contribution is -0.383. The topological polar surface area (TPSA) is 84.4 Å². The van der Waals surface area contributed by atoms with E-state index in [0.29, 0.717) is 18.1 Å². The summed E-state index contributed by atoms with van der Waals surface area (Å²) in [5.74, 6) is 0. The van der Waals surface area contributed by atoms with Gasteiger partial charge in [-0.3, -0.25) is 10.1 Å². The lowest BCUT2D eigenvalue weighted by atomic mass is 10.3. The molecule has 0 aliphatic carbocycles. The Hall–Kier alpha value is -2.15. The maximum atomic E-state index is 10.9. The molecule has 102 valence electrons. The maximum absolute atomic E-state index is 10.9. The van der Waals surface area contributed by atoms with E-state index in [0.717, 1.165) is 13.0 Å². The van der Waals surface area contributed by atoms with Crippen LogP contribution in [0, 0.1) is 10.1 Å². The van der Waals surface area contributed by atoms with Crippen LogP contribution >= 0.6 is 0 Å². The minimum Gasteiger partial charge on any atom is -0.423 e. The van der Waals surface area contributed by atoms with E-state index in [9.17, 15) is 10.1 Å². The molecule has 0 unspecified atom stereocenters. The van der Waals surface area contributed by atoms with Crippen molar-refractivity contribution in [1.29, 1.82) is 0 Å². The molecule has 7 nitrogen and oxygen atoms in total. The highest BCUT2D eigenvalue weighted by Crippen LogP contribution is 2.27. The molecule has 0 radical (unpaired) electrons. The number of fused-ring (bicyclic) bond motifs is 1. The molecule has 0 aliphatic heterocycles. The van der Waals surface area contributed by atoms with Crippen LogP contribution in [-0.4, -0.2) is 42.0 Å². The summed E-state index contributed by atoms with van der Waals surface area (Å²) in [5, 5.41) is 13.9. The maximum Gasteiger partial charge on any atom is 0.298 e. The Balaban J connectivity index is 2.09. The number of aromatic nitrogens is 1. The van der Waals surface area contributed by atoms with Crippen molar-refractivity contribution in [3.05, 3.63) is 28.3 Å². The molecular formula is C12H16N4O3. The van der Waals surface area contributed by atoms with E-state index < -0.39 is 4.92 Å². The van der Waals surface area contributed by atoms with Gasteiger partial charge in [0.1, 0.15) is 0 Å². The van der Waals surface area contributed by atoms with Gasteiger partial charge in [-0.05, 0) is 33.1 Å². The highest BCUT2D eigenvalue weighted by molar-refractivity contribution is 5.83. The number of hydrogen-bond donors (Lipinski definition) is 1. The van der Waals surface area contributed by atoms with E-state index in [2.05, 4.69) is 15.2 Å². The van der Waals surface area contributed by atoms with Crippen molar-refractivity contribution in [3.8, 4) is 0 Å². The average Bonchev–Trinajstić information content (AvgIpc) is 2.76. The van der Waals surface area contributed by atoms with Gasteiger partial charge in [-0.1, -0.05) is 6.07 Å². The van der Waals surface area contributed by atoms with E-state index in [1.54, 1.807) is 12.1 Å². The smallest absolute Gasteiger partial charge is 0.298 e. The SMILES string of the molecule is CN(C)CCCNc1nc2c([N+](=O)[O-])cccc2o1. The average molecular weight is 264 g/mol. The van der Waals surface area contributed by atoms with Gasteiger partial charge >= 0.3 is 0 Å². The zero-order valence-electron chi connectivity index (χ0n) is 10.9. The van der Waals surface area contributed by atoms with Gasteiger partial charge in [-0.25, -0.2) is 0 Å². The summed E-state index contributed by atoms with van der Waals surface area (Å²) >= 11 is 0. The van der Waals surface area contributed by atoms with Crippen LogP contribution in [-0.2, 0) is 0 Å². The van der Waals surface area contributed by atoms with Crippen LogP contribution < -0.4 is 5.32 Å². The van der Waals surface area contributed by atoms with E-state index in [4.69, 9.17) is 4.42 Å². The first-order valence-electron chi connectivity index (χ1n) is 6.00. The summed E-state index contributed by atoms with van der Waals surface area (Å²) in [7, 11) is 4.01. The van der Waals surface area contributed by atoms with E-state index >= 15 is 0 Å². The summed E-state index contributed by atoms with van der Waals surface area (Å²) in [6, 6.07) is 4.99. The van der Waals surface area contributed by atoms with Crippen molar-refractivity contribution in [1.82, 2.24) is 9.88 Å². The molecule has 0 bridgehead atoms. The molecule has 0 aliphatic rings. The monoisotopic (exact) mass is 264 g/mol. The Morgan fingerprint density at radius 3 is 2.95 bits per heavy atom. The largest absolute Gasteiger partial charge is 0.423 e. The number of nitro groups is 1. The second kappa shape index (κ2) is 5.66. The first kappa shape index (κ1) is 13.3. The lowest BCUT2D eigenvalue weighted by Crippen LogP contribution is -2.16. The fraction of sp³-hybridized carbons (Fsp3) is 0.417. The summed E-state index contributed by atoms with van der Waals surface area (Å²) < 4.78 is 5.43. The number of hydrogen-bond acceptors (Lipinski definition) is 6. The lowest BCUT2D eigenvalue weighted by Gasteiger charge is -2.08. The van der Waals surface area contributed by atoms with Crippen LogP contribution in [0.4, 0.5) is 11.7 Å². The molecule has 19 heavy (non-hydrogen) atoms. The summed E-state index contributed by atoms with van der Waals surface area (Å²) in [6.45, 7) is 1.66. The highest BCUT2D eigenvalue weighted by atomic mass is 16.6. The summed E-state index contributed by atoms with van der Waals surface area (Å²) in [4.78, 5) is 16.6. The van der Waals surface area contributed by atoms with Gasteiger partial charge in [0.2, 0.25) is 0 Å². The van der Waals surface area contributed by atoms with Crippen LogP contribution in [0.5, 0.6) is 0 Å². The third-order valence-electron chi connectivity index (χ3n) is 2.65. The van der Waals surface area contributed by atoms with Gasteiger partial charge in [0, 0.05) is 12.6 Å². The Bertz CT molecular complexity index is 579. The van der Waals surface area contributed by atoms with Crippen LogP contribution in [0.25, 0.3) is 11.1 Å². The highest BCUT2D eigenvalue weighted by Gasteiger charge is 2.16. The normalized spacial score (nSPS) is 11.1. The molecule has 2 rings (SSSR count). The Kier molecular flexibility index (Phi) is 3.96. The molecule has 0 fully saturated rings. The number of nitro benzene ring substituents is 1. The number of non-ortho nitro benzene ring substituents is 1. The minimum absolute atomic E-state index is 0.0393. The molecule has 0 saturated carbocycles. The van der Waals surface area contributed by atoms with Crippen LogP contribution in [0.2, 0.25) is 0 Å². The zero-order valence-corrected chi connectivity index (χ0v) is 10.9. The molecule has 2 aromatic rings. The fourth-order valence-electron chi connectivity index (χ4n) is 1.75. The number of rotatable bonds is 6. The van der Waals surface area contributed by atoms with Crippen LogP contribution in [0.1, 0.15) is 6.42 Å². The van der Waals surface area contributed by atoms with Crippen LogP contribution in [0.3, 0.4) is 0 Å². The Labute approximate surface area is 110 Å². The minimum atomic E-state index is -0.458. The molecule has 1 heterocycles. The second-order valence-electron chi connectivity index (χ2n) is 4.48. The number of anilines is 1. The third-order valence-corrected chi connectivity index (χ3v) is 2.65. The van der Waals surface area contributed by atoms with Crippen molar-refractivity contribution in [2.75, 3.05) is 32.5 Å². The second-order valence-corrected chi connectivity index (χ2v) is 4.48. The molecule has 1 aromatic heterocycles. The molecule has 0 amide bonds. The molecule has 7 heteroatoms. The van der Waals surface area contributed by atoms with E-state index in [1.807, 2.05) is 14.1 Å². The van der Waals surface area contributed by atoms with E-state index in [1.165, 1.54) is 6.07 Å². The van der Waals surface area contributed by atoms with Crippen molar-refractivity contribution in [2.24, 2.45) is 0 Å². The number of benzene rings is 1. The fourth-order valence-corrected chi connectivity index (χ4v) is 1.75. The van der Waals surface area contributed by atoms with Crippen LogP contribution in [0.15, 0.2) is 22.6 Å².